The molecule has 1 saturated heterocycles. The number of benzene rings is 3. The molecule has 1 aliphatic rings. The summed E-state index contributed by atoms with van der Waals surface area (Å²) in [6.07, 6.45) is 0. The molecule has 1 amide bonds. The minimum absolute atomic E-state index is 0.0875. The lowest BCUT2D eigenvalue weighted by atomic mass is 9.94. The van der Waals surface area contributed by atoms with E-state index in [1.807, 2.05) is 0 Å². The Morgan fingerprint density at radius 1 is 0.971 bits per heavy atom. The van der Waals surface area contributed by atoms with Crippen molar-refractivity contribution in [2.75, 3.05) is 19.1 Å². The number of halogens is 3. The Labute approximate surface area is 204 Å². The van der Waals surface area contributed by atoms with Crippen molar-refractivity contribution < 1.29 is 28.6 Å². The molecule has 3 aromatic rings. The second-order valence-electron chi connectivity index (χ2n) is 7.39. The van der Waals surface area contributed by atoms with E-state index >= 15 is 0 Å². The van der Waals surface area contributed by atoms with E-state index in [1.54, 1.807) is 18.2 Å². The summed E-state index contributed by atoms with van der Waals surface area (Å²) in [4.78, 5) is 27.6. The summed E-state index contributed by atoms with van der Waals surface area (Å²) in [6, 6.07) is 13.4. The number of hydrogen-bond acceptors (Lipinski definition) is 5. The number of methoxy groups -OCH3 is 2. The normalized spacial score (nSPS) is 17.2. The Balaban J connectivity index is 1.99. The molecule has 1 fully saturated rings. The number of rotatable bonds is 5. The first-order valence-corrected chi connectivity index (χ1v) is 10.8. The maximum atomic E-state index is 13.7. The average molecular weight is 502 g/mol. The summed E-state index contributed by atoms with van der Waals surface area (Å²) in [6.45, 7) is 0. The van der Waals surface area contributed by atoms with Crippen LogP contribution in [0.3, 0.4) is 0 Å². The third-order valence-electron chi connectivity index (χ3n) is 5.45. The fourth-order valence-electron chi connectivity index (χ4n) is 3.88. The van der Waals surface area contributed by atoms with E-state index in [1.165, 1.54) is 61.6 Å². The lowest BCUT2D eigenvalue weighted by molar-refractivity contribution is -0.132. The highest BCUT2D eigenvalue weighted by molar-refractivity contribution is 6.52. The molecule has 174 valence electrons. The number of ether oxygens (including phenoxy) is 2. The van der Waals surface area contributed by atoms with Crippen LogP contribution >= 0.6 is 23.2 Å². The number of nitrogens with zero attached hydrogens (tertiary/aromatic N) is 1. The lowest BCUT2D eigenvalue weighted by Gasteiger charge is -2.25. The SMILES string of the molecule is COc1cc(OC)c(/C(O)=C2\C(=O)C(=O)N(c3cccc(Cl)c3)C2c2ccc(F)cc2)cc1Cl. The Bertz CT molecular complexity index is 1320. The van der Waals surface area contributed by atoms with E-state index in [9.17, 15) is 19.1 Å². The monoisotopic (exact) mass is 501 g/mol. The van der Waals surface area contributed by atoms with Gasteiger partial charge in [-0.3, -0.25) is 14.5 Å². The molecule has 0 bridgehead atoms. The number of amides is 1. The second kappa shape index (κ2) is 9.37. The molecule has 0 saturated carbocycles. The maximum Gasteiger partial charge on any atom is 0.300 e. The first kappa shape index (κ1) is 23.6. The van der Waals surface area contributed by atoms with Gasteiger partial charge in [0.2, 0.25) is 0 Å². The van der Waals surface area contributed by atoms with E-state index in [0.717, 1.165) is 0 Å². The van der Waals surface area contributed by atoms with Crippen LogP contribution < -0.4 is 14.4 Å². The second-order valence-corrected chi connectivity index (χ2v) is 8.23. The number of aliphatic hydroxyl groups is 1. The number of carbonyl (C=O) groups excluding carboxylic acids is 2. The topological polar surface area (TPSA) is 76.1 Å². The van der Waals surface area contributed by atoms with Crippen LogP contribution in [0.1, 0.15) is 17.2 Å². The van der Waals surface area contributed by atoms with Crippen LogP contribution in [0.25, 0.3) is 5.76 Å². The molecular formula is C25H18Cl2FNO5. The largest absolute Gasteiger partial charge is 0.507 e. The Morgan fingerprint density at radius 3 is 2.26 bits per heavy atom. The molecule has 1 unspecified atom stereocenters. The fraction of sp³-hybridized carbons (Fsp3) is 0.120. The Hall–Kier alpha value is -3.55. The van der Waals surface area contributed by atoms with Gasteiger partial charge in [-0.15, -0.1) is 0 Å². The molecule has 0 radical (unpaired) electrons. The number of ketones is 1. The van der Waals surface area contributed by atoms with Gasteiger partial charge in [-0.2, -0.15) is 0 Å². The minimum Gasteiger partial charge on any atom is -0.507 e. The first-order chi connectivity index (χ1) is 16.3. The third-order valence-corrected chi connectivity index (χ3v) is 5.98. The molecule has 6 nitrogen and oxygen atoms in total. The summed E-state index contributed by atoms with van der Waals surface area (Å²) in [5.41, 5.74) is 0.615. The Morgan fingerprint density at radius 2 is 1.65 bits per heavy atom. The van der Waals surface area contributed by atoms with Gasteiger partial charge in [-0.25, -0.2) is 4.39 Å². The molecule has 1 atom stereocenters. The number of Topliss-reactive ketones (excluding diaryl/α,β-unsaturated/α-hetero) is 1. The average Bonchev–Trinajstić information content (AvgIpc) is 3.09. The van der Waals surface area contributed by atoms with Gasteiger partial charge in [0.15, 0.2) is 0 Å². The smallest absolute Gasteiger partial charge is 0.300 e. The number of carbonyl (C=O) groups is 2. The van der Waals surface area contributed by atoms with Gasteiger partial charge in [-0.05, 0) is 42.0 Å². The predicted molar refractivity (Wildman–Crippen MR) is 127 cm³/mol. The first-order valence-electron chi connectivity index (χ1n) is 10.0. The fourth-order valence-corrected chi connectivity index (χ4v) is 4.30. The maximum absolute atomic E-state index is 13.7. The molecule has 0 aromatic heterocycles. The van der Waals surface area contributed by atoms with Crippen LogP contribution in [-0.4, -0.2) is 31.0 Å². The van der Waals surface area contributed by atoms with Crippen molar-refractivity contribution in [3.05, 3.63) is 93.2 Å². The molecular weight excluding hydrogens is 484 g/mol. The molecule has 9 heteroatoms. The zero-order valence-corrected chi connectivity index (χ0v) is 19.5. The molecule has 34 heavy (non-hydrogen) atoms. The Kier molecular flexibility index (Phi) is 6.50. The minimum atomic E-state index is -1.07. The van der Waals surface area contributed by atoms with Crippen molar-refractivity contribution in [2.24, 2.45) is 0 Å². The number of anilines is 1. The summed E-state index contributed by atoms with van der Waals surface area (Å²) in [7, 11) is 2.80. The zero-order valence-electron chi connectivity index (χ0n) is 18.0. The van der Waals surface area contributed by atoms with Crippen LogP contribution in [0.4, 0.5) is 10.1 Å². The zero-order chi connectivity index (χ0) is 24.6. The predicted octanol–water partition coefficient (Wildman–Crippen LogP) is 5.78. The van der Waals surface area contributed by atoms with Crippen LogP contribution in [0, 0.1) is 5.82 Å². The molecule has 1 aliphatic heterocycles. The third kappa shape index (κ3) is 4.08. The summed E-state index contributed by atoms with van der Waals surface area (Å²) < 4.78 is 24.2. The van der Waals surface area contributed by atoms with E-state index in [4.69, 9.17) is 32.7 Å². The van der Waals surface area contributed by atoms with Gasteiger partial charge in [0.25, 0.3) is 11.7 Å². The molecule has 4 rings (SSSR count). The van der Waals surface area contributed by atoms with Gasteiger partial charge in [0, 0.05) is 16.8 Å². The van der Waals surface area contributed by atoms with Gasteiger partial charge in [-0.1, -0.05) is 41.4 Å². The standard InChI is InChI=1S/C25H18Cl2FNO5/c1-33-19-12-20(34-2)18(27)11-17(19)23(30)21-22(13-6-8-15(28)9-7-13)29(25(32)24(21)31)16-5-3-4-14(26)10-16/h3-12,22,30H,1-2H3/b23-21+. The summed E-state index contributed by atoms with van der Waals surface area (Å²) >= 11 is 12.4. The van der Waals surface area contributed by atoms with Crippen LogP contribution in [0.5, 0.6) is 11.5 Å². The van der Waals surface area contributed by atoms with Gasteiger partial charge in [0.1, 0.15) is 23.1 Å². The highest BCUT2D eigenvalue weighted by Crippen LogP contribution is 2.45. The van der Waals surface area contributed by atoms with E-state index in [2.05, 4.69) is 0 Å². The van der Waals surface area contributed by atoms with Gasteiger partial charge < -0.3 is 14.6 Å². The van der Waals surface area contributed by atoms with Crippen molar-refractivity contribution in [1.82, 2.24) is 0 Å². The highest BCUT2D eigenvalue weighted by atomic mass is 35.5. The van der Waals surface area contributed by atoms with Crippen LogP contribution in [-0.2, 0) is 9.59 Å². The highest BCUT2D eigenvalue weighted by Gasteiger charge is 2.47. The lowest BCUT2D eigenvalue weighted by Crippen LogP contribution is -2.29. The van der Waals surface area contributed by atoms with E-state index in [-0.39, 0.29) is 21.9 Å². The van der Waals surface area contributed by atoms with Crippen molar-refractivity contribution in [3.63, 3.8) is 0 Å². The molecule has 1 N–H and O–H groups in total. The van der Waals surface area contributed by atoms with Gasteiger partial charge in [0.05, 0.1) is 36.4 Å². The van der Waals surface area contributed by atoms with Crippen molar-refractivity contribution >= 4 is 46.3 Å². The van der Waals surface area contributed by atoms with Crippen molar-refractivity contribution in [2.45, 2.75) is 6.04 Å². The molecule has 0 spiro atoms. The van der Waals surface area contributed by atoms with Crippen molar-refractivity contribution in [3.8, 4) is 11.5 Å². The van der Waals surface area contributed by atoms with Crippen LogP contribution in [0.15, 0.2) is 66.2 Å². The number of aliphatic hydroxyl groups excluding tert-OH is 1. The van der Waals surface area contributed by atoms with Crippen molar-refractivity contribution in [1.29, 1.82) is 0 Å². The van der Waals surface area contributed by atoms with E-state index < -0.39 is 29.3 Å². The summed E-state index contributed by atoms with van der Waals surface area (Å²) in [5, 5.41) is 11.8. The van der Waals surface area contributed by atoms with Gasteiger partial charge >= 0.3 is 0 Å². The van der Waals surface area contributed by atoms with E-state index in [0.29, 0.717) is 22.0 Å². The number of hydrogen-bond donors (Lipinski definition) is 1. The quantitative estimate of drug-likeness (QED) is 0.272. The molecule has 1 heterocycles. The molecule has 0 aliphatic carbocycles. The molecule has 3 aromatic carbocycles. The summed E-state index contributed by atoms with van der Waals surface area (Å²) in [5.74, 6) is -2.33. The van der Waals surface area contributed by atoms with Crippen LogP contribution in [0.2, 0.25) is 10.0 Å².